The average molecular weight is 627 g/mol. The number of allylic oxidation sites excluding steroid dienone is 4. The zero-order valence-electron chi connectivity index (χ0n) is 29.5. The molecule has 250 valence electrons. The molecule has 4 saturated carbocycles. The number of rotatable bonds is 7. The standard InChI is InChI=1S/C42H58O4/c1-25(2)30-16-21-42(35(44)24-26(3)27(4)43)23-22-40(8)32(36(30)42)14-15-34-39(7)19-17-31(28-10-12-29(13-11-28)37(45)46)38(5,6)33(39)18-20-41(34,40)9/h10-13,17,26,30,32-34,36,43H,1,4,14-16,18-24H2,2-3,5-9H3,(H,45,46)/t26-,30+,32-,33+,34-,36-,39+,40-,41-,42-/m1/s1. The summed E-state index contributed by atoms with van der Waals surface area (Å²) in [5.41, 5.74) is 4.31. The molecule has 5 aliphatic rings. The van der Waals surface area contributed by atoms with Gasteiger partial charge < -0.3 is 10.2 Å². The molecule has 2 N–H and O–H groups in total. The fraction of sp³-hybridized carbons (Fsp3) is 0.667. The fourth-order valence-electron chi connectivity index (χ4n) is 13.1. The summed E-state index contributed by atoms with van der Waals surface area (Å²) in [4.78, 5) is 25.8. The van der Waals surface area contributed by atoms with E-state index in [1.165, 1.54) is 36.8 Å². The van der Waals surface area contributed by atoms with Crippen LogP contribution in [-0.4, -0.2) is 22.0 Å². The van der Waals surface area contributed by atoms with Gasteiger partial charge in [-0.2, -0.15) is 0 Å². The van der Waals surface area contributed by atoms with E-state index in [-0.39, 0.29) is 38.8 Å². The molecule has 0 aromatic heterocycles. The van der Waals surface area contributed by atoms with Crippen molar-refractivity contribution in [1.29, 1.82) is 0 Å². The van der Waals surface area contributed by atoms with Crippen molar-refractivity contribution in [1.82, 2.24) is 0 Å². The number of aliphatic hydroxyl groups excluding tert-OH is 1. The third-order valence-electron chi connectivity index (χ3n) is 15.7. The number of hydrogen-bond donors (Lipinski definition) is 2. The van der Waals surface area contributed by atoms with Crippen molar-refractivity contribution in [2.24, 2.45) is 62.6 Å². The summed E-state index contributed by atoms with van der Waals surface area (Å²) in [5, 5.41) is 19.6. The van der Waals surface area contributed by atoms with Crippen LogP contribution in [0.25, 0.3) is 5.57 Å². The first-order valence-electron chi connectivity index (χ1n) is 18.0. The Hall–Kier alpha value is -2.62. The Labute approximate surface area is 277 Å². The van der Waals surface area contributed by atoms with Crippen LogP contribution in [0.5, 0.6) is 0 Å². The molecule has 0 heterocycles. The number of benzene rings is 1. The summed E-state index contributed by atoms with van der Waals surface area (Å²) in [6.45, 7) is 25.1. The van der Waals surface area contributed by atoms with Gasteiger partial charge in [0.15, 0.2) is 0 Å². The molecule has 0 radical (unpaired) electrons. The number of carbonyl (C=O) groups excluding carboxylic acids is 1. The molecule has 4 fully saturated rings. The van der Waals surface area contributed by atoms with E-state index >= 15 is 0 Å². The molecule has 4 nitrogen and oxygen atoms in total. The van der Waals surface area contributed by atoms with Crippen LogP contribution < -0.4 is 0 Å². The molecule has 10 atom stereocenters. The van der Waals surface area contributed by atoms with E-state index in [1.807, 2.05) is 19.1 Å². The molecule has 0 amide bonds. The maximum absolute atomic E-state index is 14.3. The molecule has 0 aliphatic heterocycles. The van der Waals surface area contributed by atoms with E-state index in [0.717, 1.165) is 37.7 Å². The average Bonchev–Trinajstić information content (AvgIpc) is 3.39. The Bertz CT molecular complexity index is 1480. The maximum atomic E-state index is 14.3. The van der Waals surface area contributed by atoms with Gasteiger partial charge in [-0.15, -0.1) is 0 Å². The van der Waals surface area contributed by atoms with Gasteiger partial charge in [-0.1, -0.05) is 78.5 Å². The van der Waals surface area contributed by atoms with Gasteiger partial charge in [0.1, 0.15) is 5.78 Å². The number of carboxylic acids is 1. The number of fused-ring (bicyclic) bond motifs is 7. The highest BCUT2D eigenvalue weighted by molar-refractivity contribution is 5.88. The lowest BCUT2D eigenvalue weighted by molar-refractivity contribution is -0.224. The highest BCUT2D eigenvalue weighted by Gasteiger charge is 2.71. The Kier molecular flexibility index (Phi) is 7.93. The fourth-order valence-corrected chi connectivity index (χ4v) is 13.1. The van der Waals surface area contributed by atoms with E-state index in [2.05, 4.69) is 60.8 Å². The summed E-state index contributed by atoms with van der Waals surface area (Å²) in [6, 6.07) is 7.51. The highest BCUT2D eigenvalue weighted by Crippen LogP contribution is 2.78. The number of Topliss-reactive ketones (excluding diaryl/α,β-unsaturated/α-hetero) is 1. The summed E-state index contributed by atoms with van der Waals surface area (Å²) in [5.74, 6) is 1.78. The van der Waals surface area contributed by atoms with Crippen molar-refractivity contribution < 1.29 is 19.8 Å². The molecule has 0 saturated heterocycles. The Morgan fingerprint density at radius 2 is 1.54 bits per heavy atom. The number of ketones is 1. The van der Waals surface area contributed by atoms with E-state index in [9.17, 15) is 19.8 Å². The topological polar surface area (TPSA) is 74.6 Å². The number of carboxylic acid groups (broad SMARTS) is 1. The van der Waals surface area contributed by atoms with Gasteiger partial charge in [-0.25, -0.2) is 4.79 Å². The van der Waals surface area contributed by atoms with Crippen LogP contribution in [0.3, 0.4) is 0 Å². The van der Waals surface area contributed by atoms with E-state index in [1.54, 1.807) is 12.1 Å². The van der Waals surface area contributed by atoms with Crippen molar-refractivity contribution in [2.75, 3.05) is 0 Å². The van der Waals surface area contributed by atoms with Crippen LogP contribution in [0.15, 0.2) is 54.8 Å². The second-order valence-electron chi connectivity index (χ2n) is 17.8. The van der Waals surface area contributed by atoms with Gasteiger partial charge in [-0.05, 0) is 139 Å². The molecule has 4 heteroatoms. The number of carbonyl (C=O) groups is 2. The van der Waals surface area contributed by atoms with Crippen molar-refractivity contribution in [3.63, 3.8) is 0 Å². The summed E-state index contributed by atoms with van der Waals surface area (Å²) in [6.07, 6.45) is 12.8. The minimum absolute atomic E-state index is 0.0190. The quantitative estimate of drug-likeness (QED) is 0.233. The third kappa shape index (κ3) is 4.51. The largest absolute Gasteiger partial charge is 0.513 e. The summed E-state index contributed by atoms with van der Waals surface area (Å²) < 4.78 is 0. The second-order valence-corrected chi connectivity index (χ2v) is 17.8. The molecule has 46 heavy (non-hydrogen) atoms. The van der Waals surface area contributed by atoms with E-state index in [4.69, 9.17) is 0 Å². The van der Waals surface area contributed by atoms with Crippen LogP contribution in [-0.2, 0) is 4.79 Å². The molecule has 0 spiro atoms. The Balaban J connectivity index is 1.35. The molecular formula is C42H58O4. The van der Waals surface area contributed by atoms with E-state index in [0.29, 0.717) is 47.4 Å². The van der Waals surface area contributed by atoms with Gasteiger partial charge in [0.25, 0.3) is 0 Å². The molecule has 1 aromatic carbocycles. The van der Waals surface area contributed by atoms with Gasteiger partial charge in [-0.3, -0.25) is 4.79 Å². The highest BCUT2D eigenvalue weighted by atomic mass is 16.4. The SMILES string of the molecule is C=C(O)[C@H](C)CC(=O)[C@]12CC[C@@H](C(=C)C)[C@@H]1[C@H]1CC[C@@H]3[C@@]4(C)CC=C(c5ccc(C(=O)O)cc5)C(C)(C)[C@@H]4CC[C@@]3(C)[C@]1(C)CC2. The second kappa shape index (κ2) is 11.0. The number of aromatic carboxylic acids is 1. The van der Waals surface area contributed by atoms with Crippen molar-refractivity contribution in [3.8, 4) is 0 Å². The minimum atomic E-state index is -0.881. The first kappa shape index (κ1) is 33.3. The minimum Gasteiger partial charge on any atom is -0.513 e. The first-order chi connectivity index (χ1) is 21.4. The summed E-state index contributed by atoms with van der Waals surface area (Å²) in [7, 11) is 0. The molecule has 0 unspecified atom stereocenters. The van der Waals surface area contributed by atoms with Crippen molar-refractivity contribution in [2.45, 2.75) is 113 Å². The van der Waals surface area contributed by atoms with E-state index < -0.39 is 5.97 Å². The van der Waals surface area contributed by atoms with Crippen LogP contribution in [0, 0.1) is 62.6 Å². The predicted molar refractivity (Wildman–Crippen MR) is 186 cm³/mol. The normalized spacial score (nSPS) is 41.5. The van der Waals surface area contributed by atoms with Crippen LogP contribution in [0.2, 0.25) is 0 Å². The zero-order chi connectivity index (χ0) is 33.6. The van der Waals surface area contributed by atoms with Gasteiger partial charge in [0, 0.05) is 17.8 Å². The van der Waals surface area contributed by atoms with Gasteiger partial charge in [0.2, 0.25) is 0 Å². The van der Waals surface area contributed by atoms with Crippen LogP contribution in [0.1, 0.15) is 129 Å². The lowest BCUT2D eigenvalue weighted by atomic mass is 9.32. The van der Waals surface area contributed by atoms with Crippen molar-refractivity contribution >= 4 is 17.3 Å². The smallest absolute Gasteiger partial charge is 0.335 e. The van der Waals surface area contributed by atoms with Gasteiger partial charge >= 0.3 is 5.97 Å². The Morgan fingerprint density at radius 1 is 0.870 bits per heavy atom. The van der Waals surface area contributed by atoms with Gasteiger partial charge in [0.05, 0.1) is 11.3 Å². The maximum Gasteiger partial charge on any atom is 0.335 e. The predicted octanol–water partition coefficient (Wildman–Crippen LogP) is 10.7. The third-order valence-corrected chi connectivity index (χ3v) is 15.7. The molecular weight excluding hydrogens is 568 g/mol. The first-order valence-corrected chi connectivity index (χ1v) is 18.0. The lowest BCUT2D eigenvalue weighted by Crippen LogP contribution is -2.66. The zero-order valence-corrected chi connectivity index (χ0v) is 29.5. The monoisotopic (exact) mass is 626 g/mol. The summed E-state index contributed by atoms with van der Waals surface area (Å²) >= 11 is 0. The van der Waals surface area contributed by atoms with Crippen molar-refractivity contribution in [3.05, 3.63) is 66.0 Å². The molecule has 6 rings (SSSR count). The number of aliphatic hydroxyl groups is 1. The molecule has 5 aliphatic carbocycles. The van der Waals surface area contributed by atoms with Crippen LogP contribution in [0.4, 0.5) is 0 Å². The molecule has 1 aromatic rings. The molecule has 0 bridgehead atoms. The van der Waals surface area contributed by atoms with Crippen LogP contribution >= 0.6 is 0 Å². The number of hydrogen-bond acceptors (Lipinski definition) is 3. The Morgan fingerprint density at radius 3 is 2.15 bits per heavy atom. The lowest BCUT2D eigenvalue weighted by Gasteiger charge is -2.72.